The molecule has 1 atom stereocenters. The predicted molar refractivity (Wildman–Crippen MR) is 115 cm³/mol. The van der Waals surface area contributed by atoms with E-state index in [-0.39, 0.29) is 17.6 Å². The summed E-state index contributed by atoms with van der Waals surface area (Å²) < 4.78 is 16.6. The molecule has 1 amide bonds. The van der Waals surface area contributed by atoms with Crippen molar-refractivity contribution in [1.29, 1.82) is 0 Å². The van der Waals surface area contributed by atoms with E-state index in [0.29, 0.717) is 24.5 Å². The monoisotopic (exact) mass is 415 g/mol. The first-order chi connectivity index (χ1) is 15.0. The van der Waals surface area contributed by atoms with Gasteiger partial charge < -0.3 is 4.90 Å². The van der Waals surface area contributed by atoms with E-state index in [0.717, 1.165) is 16.7 Å². The van der Waals surface area contributed by atoms with E-state index >= 15 is 0 Å². The number of hydrogen-bond donors (Lipinski definition) is 0. The summed E-state index contributed by atoms with van der Waals surface area (Å²) in [5, 5.41) is 8.81. The maximum Gasteiger partial charge on any atom is 0.272 e. The minimum absolute atomic E-state index is 0.0624. The first-order valence-electron chi connectivity index (χ1n) is 10.1. The number of carbonyl (C=O) groups is 1. The predicted octanol–water partition coefficient (Wildman–Crippen LogP) is 3.75. The highest BCUT2D eigenvalue weighted by Gasteiger charge is 2.31. The third kappa shape index (κ3) is 3.52. The molecule has 0 N–H and O–H groups in total. The molecule has 156 valence electrons. The molecule has 0 aliphatic carbocycles. The van der Waals surface area contributed by atoms with Crippen molar-refractivity contribution >= 4 is 5.91 Å². The van der Waals surface area contributed by atoms with Crippen molar-refractivity contribution in [3.05, 3.63) is 95.2 Å². The van der Waals surface area contributed by atoms with Crippen LogP contribution in [0.3, 0.4) is 0 Å². The molecule has 0 radical (unpaired) electrons. The Morgan fingerprint density at radius 1 is 1.10 bits per heavy atom. The van der Waals surface area contributed by atoms with Crippen LogP contribution in [0.2, 0.25) is 0 Å². The SMILES string of the molecule is Cn1cc([C@@H]2CN(C(=O)c3cc(-c4ccc(F)cc4)nn3C)Cc3ccccc32)cn1. The van der Waals surface area contributed by atoms with Crippen LogP contribution in [0, 0.1) is 5.82 Å². The van der Waals surface area contributed by atoms with Crippen LogP contribution in [0.4, 0.5) is 4.39 Å². The molecule has 0 saturated carbocycles. The first kappa shape index (κ1) is 19.2. The van der Waals surface area contributed by atoms with Gasteiger partial charge >= 0.3 is 0 Å². The maximum atomic E-state index is 13.5. The van der Waals surface area contributed by atoms with Crippen molar-refractivity contribution < 1.29 is 9.18 Å². The van der Waals surface area contributed by atoms with Crippen LogP contribution in [-0.4, -0.2) is 36.9 Å². The summed E-state index contributed by atoms with van der Waals surface area (Å²) in [6, 6.07) is 16.1. The number of halogens is 1. The Kier molecular flexibility index (Phi) is 4.66. The van der Waals surface area contributed by atoms with Crippen LogP contribution >= 0.6 is 0 Å². The molecule has 2 aromatic carbocycles. The fraction of sp³-hybridized carbons (Fsp3) is 0.208. The Morgan fingerprint density at radius 3 is 2.61 bits per heavy atom. The van der Waals surface area contributed by atoms with Gasteiger partial charge in [0.15, 0.2) is 0 Å². The van der Waals surface area contributed by atoms with Gasteiger partial charge in [0.25, 0.3) is 5.91 Å². The summed E-state index contributed by atoms with van der Waals surface area (Å²) in [5.74, 6) is -0.316. The van der Waals surface area contributed by atoms with E-state index in [1.54, 1.807) is 34.6 Å². The lowest BCUT2D eigenvalue weighted by atomic mass is 9.86. The van der Waals surface area contributed by atoms with Gasteiger partial charge in [0.1, 0.15) is 11.5 Å². The highest BCUT2D eigenvalue weighted by atomic mass is 19.1. The molecule has 0 fully saturated rings. The van der Waals surface area contributed by atoms with Crippen molar-refractivity contribution in [2.24, 2.45) is 14.1 Å². The minimum atomic E-state index is -0.301. The Morgan fingerprint density at radius 2 is 1.87 bits per heavy atom. The second-order valence-corrected chi connectivity index (χ2v) is 7.93. The van der Waals surface area contributed by atoms with E-state index in [1.807, 2.05) is 36.5 Å². The summed E-state index contributed by atoms with van der Waals surface area (Å²) in [6.45, 7) is 1.11. The number of benzene rings is 2. The third-order valence-electron chi connectivity index (χ3n) is 5.85. The van der Waals surface area contributed by atoms with Crippen LogP contribution in [0.1, 0.15) is 33.1 Å². The van der Waals surface area contributed by atoms with Crippen LogP contribution in [0.25, 0.3) is 11.3 Å². The molecular weight excluding hydrogens is 393 g/mol. The van der Waals surface area contributed by atoms with Gasteiger partial charge in [0.05, 0.1) is 11.9 Å². The molecule has 0 unspecified atom stereocenters. The molecule has 2 aromatic heterocycles. The molecule has 6 nitrogen and oxygen atoms in total. The first-order valence-corrected chi connectivity index (χ1v) is 10.1. The summed E-state index contributed by atoms with van der Waals surface area (Å²) in [4.78, 5) is 15.4. The van der Waals surface area contributed by atoms with Crippen LogP contribution in [0.5, 0.6) is 0 Å². The molecular formula is C24H22FN5O. The quantitative estimate of drug-likeness (QED) is 0.512. The van der Waals surface area contributed by atoms with Gasteiger partial charge in [0.2, 0.25) is 0 Å². The van der Waals surface area contributed by atoms with E-state index in [2.05, 4.69) is 22.3 Å². The van der Waals surface area contributed by atoms with Crippen LogP contribution in [-0.2, 0) is 20.6 Å². The van der Waals surface area contributed by atoms with Crippen molar-refractivity contribution in [2.45, 2.75) is 12.5 Å². The molecule has 1 aliphatic heterocycles. The molecule has 0 spiro atoms. The maximum absolute atomic E-state index is 13.5. The number of fused-ring (bicyclic) bond motifs is 1. The standard InChI is InChI=1S/C24H22FN5O/c1-28-13-18(12-26-28)21-15-30(14-17-5-3-4-6-20(17)21)24(31)23-11-22(27-29(23)2)16-7-9-19(25)10-8-16/h3-13,21H,14-15H2,1-2H3/t21-/m0/s1. The third-order valence-corrected chi connectivity index (χ3v) is 5.85. The van der Waals surface area contributed by atoms with Gasteiger partial charge in [-0.05, 0) is 47.0 Å². The van der Waals surface area contributed by atoms with Gasteiger partial charge in [-0.3, -0.25) is 14.2 Å². The summed E-state index contributed by atoms with van der Waals surface area (Å²) in [7, 11) is 3.66. The van der Waals surface area contributed by atoms with Crippen molar-refractivity contribution in [1.82, 2.24) is 24.5 Å². The Bertz CT molecular complexity index is 1260. The minimum Gasteiger partial charge on any atom is -0.332 e. The topological polar surface area (TPSA) is 56.0 Å². The lowest BCUT2D eigenvalue weighted by molar-refractivity contribution is 0.0714. The van der Waals surface area contributed by atoms with E-state index in [1.165, 1.54) is 17.7 Å². The molecule has 0 bridgehead atoms. The highest BCUT2D eigenvalue weighted by molar-refractivity contribution is 5.94. The number of aryl methyl sites for hydroxylation is 2. The normalized spacial score (nSPS) is 15.7. The van der Waals surface area contributed by atoms with E-state index < -0.39 is 0 Å². The van der Waals surface area contributed by atoms with Gasteiger partial charge in [-0.1, -0.05) is 24.3 Å². The second kappa shape index (κ2) is 7.50. The fourth-order valence-electron chi connectivity index (χ4n) is 4.26. The van der Waals surface area contributed by atoms with E-state index in [4.69, 9.17) is 0 Å². The largest absolute Gasteiger partial charge is 0.332 e. The Balaban J connectivity index is 1.48. The van der Waals surface area contributed by atoms with Crippen molar-refractivity contribution in [3.63, 3.8) is 0 Å². The zero-order valence-electron chi connectivity index (χ0n) is 17.4. The Hall–Kier alpha value is -3.74. The van der Waals surface area contributed by atoms with Gasteiger partial charge in [-0.25, -0.2) is 4.39 Å². The fourth-order valence-corrected chi connectivity index (χ4v) is 4.26. The molecule has 3 heterocycles. The summed E-state index contributed by atoms with van der Waals surface area (Å²) >= 11 is 0. The highest BCUT2D eigenvalue weighted by Crippen LogP contribution is 2.34. The molecule has 5 rings (SSSR count). The van der Waals surface area contributed by atoms with Crippen molar-refractivity contribution in [2.75, 3.05) is 6.54 Å². The number of aromatic nitrogens is 4. The molecule has 0 saturated heterocycles. The van der Waals surface area contributed by atoms with E-state index in [9.17, 15) is 9.18 Å². The van der Waals surface area contributed by atoms with Gasteiger partial charge in [-0.15, -0.1) is 0 Å². The summed E-state index contributed by atoms with van der Waals surface area (Å²) in [6.07, 6.45) is 3.87. The number of carbonyl (C=O) groups excluding carboxylic acids is 1. The number of nitrogens with zero attached hydrogens (tertiary/aromatic N) is 5. The van der Waals surface area contributed by atoms with Gasteiger partial charge in [0, 0.05) is 44.9 Å². The second-order valence-electron chi connectivity index (χ2n) is 7.93. The van der Waals surface area contributed by atoms with Crippen LogP contribution in [0.15, 0.2) is 67.0 Å². The van der Waals surface area contributed by atoms with Crippen molar-refractivity contribution in [3.8, 4) is 11.3 Å². The molecule has 4 aromatic rings. The molecule has 7 heteroatoms. The summed E-state index contributed by atoms with van der Waals surface area (Å²) in [5.41, 5.74) is 5.38. The van der Waals surface area contributed by atoms with Crippen LogP contribution < -0.4 is 0 Å². The number of rotatable bonds is 3. The molecule has 31 heavy (non-hydrogen) atoms. The zero-order valence-corrected chi connectivity index (χ0v) is 17.4. The smallest absolute Gasteiger partial charge is 0.272 e. The zero-order chi connectivity index (χ0) is 21.5. The van der Waals surface area contributed by atoms with Gasteiger partial charge in [-0.2, -0.15) is 10.2 Å². The average molecular weight is 415 g/mol. The lowest BCUT2D eigenvalue weighted by Crippen LogP contribution is -2.39. The number of amides is 1. The lowest BCUT2D eigenvalue weighted by Gasteiger charge is -2.34. The Labute approximate surface area is 179 Å². The molecule has 1 aliphatic rings. The average Bonchev–Trinajstić information content (AvgIpc) is 3.38. The number of hydrogen-bond acceptors (Lipinski definition) is 3.